The predicted molar refractivity (Wildman–Crippen MR) is 72.8 cm³/mol. The number of carbonyl (C=O) groups excluding carboxylic acids is 1. The van der Waals surface area contributed by atoms with Gasteiger partial charge in [0, 0.05) is 17.5 Å². The highest BCUT2D eigenvalue weighted by Crippen LogP contribution is 2.20. The number of nitrogens with one attached hydrogen (secondary N) is 1. The normalized spacial score (nSPS) is 10.0. The van der Waals surface area contributed by atoms with Crippen molar-refractivity contribution >= 4 is 17.2 Å². The van der Waals surface area contributed by atoms with E-state index in [1.807, 2.05) is 12.1 Å². The summed E-state index contributed by atoms with van der Waals surface area (Å²) >= 11 is 1.34. The second-order valence-corrected chi connectivity index (χ2v) is 4.62. The number of ether oxygens (including phenoxy) is 2. The highest BCUT2D eigenvalue weighted by atomic mass is 32.1. The third-order valence-electron chi connectivity index (χ3n) is 2.46. The second-order valence-electron chi connectivity index (χ2n) is 3.70. The molecule has 0 aliphatic heterocycles. The van der Waals surface area contributed by atoms with E-state index in [9.17, 15) is 4.79 Å². The minimum atomic E-state index is -0.141. The maximum Gasteiger partial charge on any atom is 0.261 e. The van der Waals surface area contributed by atoms with Crippen LogP contribution in [0, 0.1) is 0 Å². The summed E-state index contributed by atoms with van der Waals surface area (Å²) in [6, 6.07) is 7.13. The molecule has 0 aromatic carbocycles. The molecule has 100 valence electrons. The van der Waals surface area contributed by atoms with Gasteiger partial charge in [0.05, 0.1) is 31.3 Å². The zero-order valence-corrected chi connectivity index (χ0v) is 11.5. The molecule has 0 atom stereocenters. The molecular formula is C13H14N2O3S. The van der Waals surface area contributed by atoms with Gasteiger partial charge >= 0.3 is 0 Å². The third-order valence-corrected chi connectivity index (χ3v) is 3.36. The van der Waals surface area contributed by atoms with E-state index in [0.717, 1.165) is 5.69 Å². The monoisotopic (exact) mass is 278 g/mol. The Bertz CT molecular complexity index is 569. The summed E-state index contributed by atoms with van der Waals surface area (Å²) in [7, 11) is 3.13. The van der Waals surface area contributed by atoms with Crippen molar-refractivity contribution in [2.75, 3.05) is 14.2 Å². The molecule has 0 aliphatic carbocycles. The van der Waals surface area contributed by atoms with E-state index in [-0.39, 0.29) is 5.91 Å². The van der Waals surface area contributed by atoms with Gasteiger partial charge in [0.2, 0.25) is 5.88 Å². The Balaban J connectivity index is 1.96. The maximum absolute atomic E-state index is 11.9. The fourth-order valence-corrected chi connectivity index (χ4v) is 2.24. The number of thiophene rings is 1. The van der Waals surface area contributed by atoms with Crippen molar-refractivity contribution in [2.45, 2.75) is 6.54 Å². The number of hydrogen-bond donors (Lipinski definition) is 1. The molecule has 0 saturated heterocycles. The van der Waals surface area contributed by atoms with Crippen molar-refractivity contribution in [2.24, 2.45) is 0 Å². The lowest BCUT2D eigenvalue weighted by atomic mass is 10.3. The van der Waals surface area contributed by atoms with Crippen molar-refractivity contribution in [1.29, 1.82) is 0 Å². The van der Waals surface area contributed by atoms with Crippen LogP contribution in [-0.4, -0.2) is 25.1 Å². The van der Waals surface area contributed by atoms with Gasteiger partial charge in [-0.25, -0.2) is 4.98 Å². The molecule has 0 spiro atoms. The minimum absolute atomic E-state index is 0.141. The average molecular weight is 278 g/mol. The number of methoxy groups -OCH3 is 2. The molecule has 2 aromatic rings. The molecule has 2 aromatic heterocycles. The molecule has 0 radical (unpaired) electrons. The van der Waals surface area contributed by atoms with Gasteiger partial charge in [-0.15, -0.1) is 11.3 Å². The Kier molecular flexibility index (Phi) is 4.35. The first kappa shape index (κ1) is 13.4. The zero-order valence-electron chi connectivity index (χ0n) is 10.7. The van der Waals surface area contributed by atoms with Gasteiger partial charge < -0.3 is 14.8 Å². The second kappa shape index (κ2) is 6.19. The van der Waals surface area contributed by atoms with Gasteiger partial charge in [-0.3, -0.25) is 4.79 Å². The smallest absolute Gasteiger partial charge is 0.261 e. The summed E-state index contributed by atoms with van der Waals surface area (Å²) in [6.07, 6.45) is 0. The Hall–Kier alpha value is -2.08. The SMILES string of the molecule is COc1csc(C(=O)NCc2cccc(OC)n2)c1. The summed E-state index contributed by atoms with van der Waals surface area (Å²) in [5.41, 5.74) is 0.747. The van der Waals surface area contributed by atoms with Crippen molar-refractivity contribution in [1.82, 2.24) is 10.3 Å². The number of amides is 1. The predicted octanol–water partition coefficient (Wildman–Crippen LogP) is 2.09. The van der Waals surface area contributed by atoms with Crippen LogP contribution in [0.4, 0.5) is 0 Å². The molecule has 19 heavy (non-hydrogen) atoms. The largest absolute Gasteiger partial charge is 0.496 e. The van der Waals surface area contributed by atoms with E-state index in [1.165, 1.54) is 11.3 Å². The minimum Gasteiger partial charge on any atom is -0.496 e. The van der Waals surface area contributed by atoms with Crippen molar-refractivity contribution < 1.29 is 14.3 Å². The lowest BCUT2D eigenvalue weighted by Gasteiger charge is -2.04. The third kappa shape index (κ3) is 3.45. The van der Waals surface area contributed by atoms with Gasteiger partial charge in [-0.05, 0) is 6.07 Å². The van der Waals surface area contributed by atoms with Gasteiger partial charge in [0.15, 0.2) is 0 Å². The van der Waals surface area contributed by atoms with Gasteiger partial charge in [-0.1, -0.05) is 6.07 Å². The zero-order chi connectivity index (χ0) is 13.7. The van der Waals surface area contributed by atoms with Crippen LogP contribution in [0.2, 0.25) is 0 Å². The van der Waals surface area contributed by atoms with Crippen molar-refractivity contribution in [3.05, 3.63) is 40.2 Å². The van der Waals surface area contributed by atoms with Crippen LogP contribution in [0.25, 0.3) is 0 Å². The van der Waals surface area contributed by atoms with Crippen LogP contribution >= 0.6 is 11.3 Å². The number of carbonyl (C=O) groups is 1. The van der Waals surface area contributed by atoms with Gasteiger partial charge in [0.25, 0.3) is 5.91 Å². The first-order valence-corrected chi connectivity index (χ1v) is 6.51. The summed E-state index contributed by atoms with van der Waals surface area (Å²) in [6.45, 7) is 0.357. The summed E-state index contributed by atoms with van der Waals surface area (Å²) in [4.78, 5) is 16.7. The van der Waals surface area contributed by atoms with E-state index in [4.69, 9.17) is 9.47 Å². The maximum atomic E-state index is 11.9. The number of aromatic nitrogens is 1. The molecule has 1 amide bonds. The van der Waals surface area contributed by atoms with E-state index < -0.39 is 0 Å². The molecule has 2 heterocycles. The molecule has 1 N–H and O–H groups in total. The topological polar surface area (TPSA) is 60.5 Å². The summed E-state index contributed by atoms with van der Waals surface area (Å²) < 4.78 is 10.1. The van der Waals surface area contributed by atoms with Crippen molar-refractivity contribution in [3.63, 3.8) is 0 Å². The Morgan fingerprint density at radius 1 is 1.37 bits per heavy atom. The first-order chi connectivity index (χ1) is 9.22. The molecule has 2 rings (SSSR count). The number of rotatable bonds is 5. The van der Waals surface area contributed by atoms with E-state index in [2.05, 4.69) is 10.3 Å². The Morgan fingerprint density at radius 3 is 2.89 bits per heavy atom. The molecule has 0 fully saturated rings. The lowest BCUT2D eigenvalue weighted by molar-refractivity contribution is 0.0954. The molecule has 5 nitrogen and oxygen atoms in total. The van der Waals surface area contributed by atoms with E-state index in [0.29, 0.717) is 23.1 Å². The molecule has 0 bridgehead atoms. The van der Waals surface area contributed by atoms with Crippen LogP contribution in [0.5, 0.6) is 11.6 Å². The summed E-state index contributed by atoms with van der Waals surface area (Å²) in [5, 5.41) is 4.59. The number of nitrogens with zero attached hydrogens (tertiary/aromatic N) is 1. The molecule has 0 unspecified atom stereocenters. The molecule has 0 aliphatic rings. The highest BCUT2D eigenvalue weighted by molar-refractivity contribution is 7.12. The first-order valence-electron chi connectivity index (χ1n) is 5.63. The van der Waals surface area contributed by atoms with Crippen LogP contribution in [0.3, 0.4) is 0 Å². The van der Waals surface area contributed by atoms with Crippen LogP contribution in [0.1, 0.15) is 15.4 Å². The van der Waals surface area contributed by atoms with Crippen molar-refractivity contribution in [3.8, 4) is 11.6 Å². The fourth-order valence-electron chi connectivity index (χ4n) is 1.47. The lowest BCUT2D eigenvalue weighted by Crippen LogP contribution is -2.22. The molecule has 6 heteroatoms. The summed E-state index contributed by atoms with van der Waals surface area (Å²) in [5.74, 6) is 1.08. The average Bonchev–Trinajstić information content (AvgIpc) is 2.94. The number of hydrogen-bond acceptors (Lipinski definition) is 5. The van der Waals surface area contributed by atoms with E-state index >= 15 is 0 Å². The molecular weight excluding hydrogens is 264 g/mol. The van der Waals surface area contributed by atoms with Crippen LogP contribution in [-0.2, 0) is 6.54 Å². The van der Waals surface area contributed by atoms with Gasteiger partial charge in [0.1, 0.15) is 5.75 Å². The standard InChI is InChI=1S/C13H14N2O3S/c1-17-10-6-11(19-8-10)13(16)14-7-9-4-3-5-12(15-9)18-2/h3-6,8H,7H2,1-2H3,(H,14,16). The Labute approximate surface area is 115 Å². The van der Waals surface area contributed by atoms with Crippen LogP contribution in [0.15, 0.2) is 29.6 Å². The molecule has 0 saturated carbocycles. The van der Waals surface area contributed by atoms with Crippen LogP contribution < -0.4 is 14.8 Å². The fraction of sp³-hybridized carbons (Fsp3) is 0.231. The highest BCUT2D eigenvalue weighted by Gasteiger charge is 2.09. The van der Waals surface area contributed by atoms with E-state index in [1.54, 1.807) is 31.7 Å². The number of pyridine rings is 1. The quantitative estimate of drug-likeness (QED) is 0.909. The van der Waals surface area contributed by atoms with Gasteiger partial charge in [-0.2, -0.15) is 0 Å². The Morgan fingerprint density at radius 2 is 2.21 bits per heavy atom.